The van der Waals surface area contributed by atoms with Gasteiger partial charge in [-0.2, -0.15) is 5.26 Å². The second kappa shape index (κ2) is 5.55. The Balaban J connectivity index is 2.41. The van der Waals surface area contributed by atoms with Crippen molar-refractivity contribution in [2.45, 2.75) is 13.8 Å². The maximum Gasteiger partial charge on any atom is 0.248 e. The molecule has 0 aromatic heterocycles. The van der Waals surface area contributed by atoms with Gasteiger partial charge in [-0.05, 0) is 49.2 Å². The fourth-order valence-corrected chi connectivity index (χ4v) is 2.07. The molecule has 0 aliphatic heterocycles. The minimum Gasteiger partial charge on any atom is -0.457 e. The van der Waals surface area contributed by atoms with Crippen molar-refractivity contribution in [3.63, 3.8) is 0 Å². The molecular weight excluding hydrogens is 266 g/mol. The van der Waals surface area contributed by atoms with Crippen molar-refractivity contribution in [3.05, 3.63) is 52.6 Å². The summed E-state index contributed by atoms with van der Waals surface area (Å²) >= 11 is 0. The summed E-state index contributed by atoms with van der Waals surface area (Å²) in [5, 5.41) is 8.98. The molecule has 0 atom stereocenters. The fraction of sp³-hybridized carbons (Fsp3) is 0.125. The van der Waals surface area contributed by atoms with Crippen molar-refractivity contribution >= 4 is 11.6 Å². The lowest BCUT2D eigenvalue weighted by Crippen LogP contribution is -2.11. The van der Waals surface area contributed by atoms with Crippen LogP contribution in [0, 0.1) is 25.2 Å². The zero-order valence-electron chi connectivity index (χ0n) is 11.8. The second-order valence-corrected chi connectivity index (χ2v) is 4.77. The Hall–Kier alpha value is -3.00. The summed E-state index contributed by atoms with van der Waals surface area (Å²) in [6, 6.07) is 10.2. The summed E-state index contributed by atoms with van der Waals surface area (Å²) < 4.78 is 5.81. The topological polar surface area (TPSA) is 102 Å². The molecule has 0 unspecified atom stereocenters. The highest BCUT2D eigenvalue weighted by molar-refractivity contribution is 5.93. The van der Waals surface area contributed by atoms with Crippen molar-refractivity contribution in [1.29, 1.82) is 5.26 Å². The summed E-state index contributed by atoms with van der Waals surface area (Å²) in [5.74, 6) is 0.666. The number of nitrogens with zero attached hydrogens (tertiary/aromatic N) is 1. The number of nitriles is 1. The molecule has 0 saturated heterocycles. The number of rotatable bonds is 3. The number of primary amides is 1. The maximum atomic E-state index is 11.2. The number of carbonyl (C=O) groups excluding carboxylic acids is 1. The van der Waals surface area contributed by atoms with Crippen LogP contribution in [0.3, 0.4) is 0 Å². The summed E-state index contributed by atoms with van der Waals surface area (Å²) in [6.07, 6.45) is 0. The van der Waals surface area contributed by atoms with Gasteiger partial charge in [-0.15, -0.1) is 0 Å². The third kappa shape index (κ3) is 2.95. The lowest BCUT2D eigenvalue weighted by atomic mass is 10.1. The van der Waals surface area contributed by atoms with Crippen LogP contribution in [-0.2, 0) is 0 Å². The van der Waals surface area contributed by atoms with Gasteiger partial charge in [0.15, 0.2) is 0 Å². The van der Waals surface area contributed by atoms with Crippen LogP contribution in [0.2, 0.25) is 0 Å². The molecule has 0 aliphatic carbocycles. The van der Waals surface area contributed by atoms with Crippen molar-refractivity contribution in [2.24, 2.45) is 5.73 Å². The molecule has 4 N–H and O–H groups in total. The Labute approximate surface area is 122 Å². The Bertz CT molecular complexity index is 738. The van der Waals surface area contributed by atoms with Gasteiger partial charge in [0.05, 0.1) is 5.56 Å². The molecule has 21 heavy (non-hydrogen) atoms. The average Bonchev–Trinajstić information content (AvgIpc) is 2.44. The highest BCUT2D eigenvalue weighted by Crippen LogP contribution is 2.31. The monoisotopic (exact) mass is 281 g/mol. The fourth-order valence-electron chi connectivity index (χ4n) is 2.07. The Morgan fingerprint density at radius 1 is 1.19 bits per heavy atom. The van der Waals surface area contributed by atoms with Gasteiger partial charge in [0.2, 0.25) is 5.91 Å². The van der Waals surface area contributed by atoms with Gasteiger partial charge < -0.3 is 16.2 Å². The molecule has 2 aromatic rings. The van der Waals surface area contributed by atoms with Crippen LogP contribution in [0.4, 0.5) is 5.69 Å². The molecule has 2 aromatic carbocycles. The van der Waals surface area contributed by atoms with Gasteiger partial charge in [-0.1, -0.05) is 0 Å². The van der Waals surface area contributed by atoms with Crippen LogP contribution >= 0.6 is 0 Å². The number of amides is 1. The summed E-state index contributed by atoms with van der Waals surface area (Å²) in [7, 11) is 0. The van der Waals surface area contributed by atoms with Crippen LogP contribution < -0.4 is 16.2 Å². The van der Waals surface area contributed by atoms with Gasteiger partial charge in [0, 0.05) is 17.3 Å². The minimum absolute atomic E-state index is 0.358. The van der Waals surface area contributed by atoms with Crippen molar-refractivity contribution < 1.29 is 9.53 Å². The normalized spacial score (nSPS) is 9.95. The van der Waals surface area contributed by atoms with Crippen molar-refractivity contribution in [3.8, 4) is 17.6 Å². The van der Waals surface area contributed by atoms with Gasteiger partial charge in [-0.3, -0.25) is 4.79 Å². The number of ether oxygens (including phenoxy) is 1. The van der Waals surface area contributed by atoms with E-state index in [9.17, 15) is 4.79 Å². The van der Waals surface area contributed by atoms with E-state index in [0.29, 0.717) is 28.3 Å². The number of hydrogen-bond donors (Lipinski definition) is 2. The molecular formula is C16H15N3O2. The minimum atomic E-state index is -0.480. The molecule has 5 heteroatoms. The SMILES string of the molecule is Cc1cc(C(N)=O)cc(C)c1Oc1ccc(N)c(C#N)c1. The lowest BCUT2D eigenvalue weighted by Gasteiger charge is -2.13. The van der Waals surface area contributed by atoms with E-state index < -0.39 is 5.91 Å². The van der Waals surface area contributed by atoms with E-state index in [1.54, 1.807) is 30.3 Å². The highest BCUT2D eigenvalue weighted by Gasteiger charge is 2.11. The predicted molar refractivity (Wildman–Crippen MR) is 80.1 cm³/mol. The van der Waals surface area contributed by atoms with E-state index in [4.69, 9.17) is 21.5 Å². The summed E-state index contributed by atoms with van der Waals surface area (Å²) in [4.78, 5) is 11.2. The number of aryl methyl sites for hydroxylation is 2. The van der Waals surface area contributed by atoms with Crippen molar-refractivity contribution in [2.75, 3.05) is 5.73 Å². The Kier molecular flexibility index (Phi) is 3.81. The molecule has 0 spiro atoms. The molecule has 0 bridgehead atoms. The summed E-state index contributed by atoms with van der Waals surface area (Å²) in [5.41, 5.74) is 13.7. The second-order valence-electron chi connectivity index (χ2n) is 4.77. The van der Waals surface area contributed by atoms with E-state index in [0.717, 1.165) is 11.1 Å². The first-order valence-corrected chi connectivity index (χ1v) is 6.31. The Morgan fingerprint density at radius 2 is 1.81 bits per heavy atom. The smallest absolute Gasteiger partial charge is 0.248 e. The molecule has 2 rings (SSSR count). The maximum absolute atomic E-state index is 11.2. The molecule has 1 amide bonds. The summed E-state index contributed by atoms with van der Waals surface area (Å²) in [6.45, 7) is 3.66. The first-order chi connectivity index (χ1) is 9.92. The largest absolute Gasteiger partial charge is 0.457 e. The number of benzene rings is 2. The molecule has 0 saturated carbocycles. The van der Waals surface area contributed by atoms with Crippen LogP contribution in [0.25, 0.3) is 0 Å². The molecule has 0 heterocycles. The third-order valence-corrected chi connectivity index (χ3v) is 3.11. The van der Waals surface area contributed by atoms with Crippen LogP contribution in [0.1, 0.15) is 27.0 Å². The lowest BCUT2D eigenvalue weighted by molar-refractivity contribution is 0.1000. The van der Waals surface area contributed by atoms with Crippen LogP contribution in [0.15, 0.2) is 30.3 Å². The first-order valence-electron chi connectivity index (χ1n) is 6.31. The van der Waals surface area contributed by atoms with Gasteiger partial charge in [-0.25, -0.2) is 0 Å². The zero-order valence-corrected chi connectivity index (χ0v) is 11.8. The quantitative estimate of drug-likeness (QED) is 0.844. The predicted octanol–water partition coefficient (Wildman–Crippen LogP) is 2.65. The van der Waals surface area contributed by atoms with Gasteiger partial charge in [0.1, 0.15) is 17.6 Å². The molecule has 0 radical (unpaired) electrons. The standard InChI is InChI=1S/C16H15N3O2/c1-9-5-11(16(19)20)6-10(2)15(9)21-13-3-4-14(18)12(7-13)8-17/h3-7H,18H2,1-2H3,(H2,19,20). The van der Waals surface area contributed by atoms with Crippen LogP contribution in [-0.4, -0.2) is 5.91 Å². The number of carbonyl (C=O) groups is 1. The highest BCUT2D eigenvalue weighted by atomic mass is 16.5. The number of hydrogen-bond acceptors (Lipinski definition) is 4. The molecule has 0 fully saturated rings. The third-order valence-electron chi connectivity index (χ3n) is 3.11. The molecule has 106 valence electrons. The number of anilines is 1. The van der Waals surface area contributed by atoms with E-state index >= 15 is 0 Å². The van der Waals surface area contributed by atoms with E-state index in [-0.39, 0.29) is 0 Å². The molecule has 5 nitrogen and oxygen atoms in total. The Morgan fingerprint density at radius 3 is 2.33 bits per heavy atom. The van der Waals surface area contributed by atoms with Gasteiger partial charge >= 0.3 is 0 Å². The van der Waals surface area contributed by atoms with E-state index in [2.05, 4.69) is 0 Å². The van der Waals surface area contributed by atoms with E-state index in [1.807, 2.05) is 19.9 Å². The van der Waals surface area contributed by atoms with Crippen molar-refractivity contribution in [1.82, 2.24) is 0 Å². The molecule has 0 aliphatic rings. The van der Waals surface area contributed by atoms with Crippen LogP contribution in [0.5, 0.6) is 11.5 Å². The number of nitrogens with two attached hydrogens (primary N) is 2. The zero-order chi connectivity index (χ0) is 15.6. The first kappa shape index (κ1) is 14.4. The number of nitrogen functional groups attached to an aromatic ring is 1. The van der Waals surface area contributed by atoms with E-state index in [1.165, 1.54) is 0 Å². The average molecular weight is 281 g/mol. The van der Waals surface area contributed by atoms with Gasteiger partial charge in [0.25, 0.3) is 0 Å².